The third-order valence-corrected chi connectivity index (χ3v) is 5.88. The SMILES string of the molecule is CCOc1ccc(S(=O)(=O)N2CCCC(Oc3cccnn3)C2)cc1F. The molecule has 9 heteroatoms. The zero-order valence-corrected chi connectivity index (χ0v) is 15.2. The molecule has 1 saturated heterocycles. The molecule has 1 aliphatic heterocycles. The van der Waals surface area contributed by atoms with Gasteiger partial charge in [-0.25, -0.2) is 12.8 Å². The van der Waals surface area contributed by atoms with E-state index >= 15 is 0 Å². The Morgan fingerprint density at radius 2 is 2.19 bits per heavy atom. The van der Waals surface area contributed by atoms with Crippen molar-refractivity contribution < 1.29 is 22.3 Å². The molecule has 0 bridgehead atoms. The van der Waals surface area contributed by atoms with Gasteiger partial charge >= 0.3 is 0 Å². The Morgan fingerprint density at radius 1 is 1.35 bits per heavy atom. The number of ether oxygens (including phenoxy) is 2. The van der Waals surface area contributed by atoms with Crippen molar-refractivity contribution >= 4 is 10.0 Å². The number of hydrogen-bond acceptors (Lipinski definition) is 6. The zero-order chi connectivity index (χ0) is 18.6. The van der Waals surface area contributed by atoms with Crippen molar-refractivity contribution in [3.8, 4) is 11.6 Å². The lowest BCUT2D eigenvalue weighted by molar-refractivity contribution is 0.123. The number of sulfonamides is 1. The first-order chi connectivity index (χ1) is 12.5. The Hall–Kier alpha value is -2.26. The highest BCUT2D eigenvalue weighted by Crippen LogP contribution is 2.26. The Bertz CT molecular complexity index is 848. The van der Waals surface area contributed by atoms with Crippen molar-refractivity contribution in [3.63, 3.8) is 0 Å². The smallest absolute Gasteiger partial charge is 0.243 e. The van der Waals surface area contributed by atoms with Gasteiger partial charge in [0.15, 0.2) is 11.6 Å². The molecule has 1 unspecified atom stereocenters. The second-order valence-corrected chi connectivity index (χ2v) is 7.77. The summed E-state index contributed by atoms with van der Waals surface area (Å²) in [6, 6.07) is 7.05. The highest BCUT2D eigenvalue weighted by atomic mass is 32.2. The van der Waals surface area contributed by atoms with E-state index in [1.807, 2.05) is 0 Å². The molecule has 2 aromatic rings. The van der Waals surface area contributed by atoms with Gasteiger partial charge in [-0.1, -0.05) is 0 Å². The highest BCUT2D eigenvalue weighted by Gasteiger charge is 2.32. The van der Waals surface area contributed by atoms with Gasteiger partial charge in [0.1, 0.15) is 6.10 Å². The van der Waals surface area contributed by atoms with Crippen LogP contribution in [0.1, 0.15) is 19.8 Å². The molecular formula is C17H20FN3O4S. The van der Waals surface area contributed by atoms with Crippen molar-refractivity contribution in [1.29, 1.82) is 0 Å². The Morgan fingerprint density at radius 3 is 2.88 bits per heavy atom. The summed E-state index contributed by atoms with van der Waals surface area (Å²) in [4.78, 5) is -0.0985. The molecule has 0 spiro atoms. The molecule has 26 heavy (non-hydrogen) atoms. The summed E-state index contributed by atoms with van der Waals surface area (Å²) >= 11 is 0. The Balaban J connectivity index is 1.75. The lowest BCUT2D eigenvalue weighted by atomic mass is 10.1. The molecule has 140 valence electrons. The standard InChI is InChI=1S/C17H20FN3O4S/c1-2-24-16-8-7-14(11-15(16)18)26(22,23)21-10-4-5-13(12-21)25-17-6-3-9-19-20-17/h3,6-9,11,13H,2,4-5,10,12H2,1H3. The first kappa shape index (κ1) is 18.5. The molecule has 1 fully saturated rings. The molecule has 1 aromatic heterocycles. The van der Waals surface area contributed by atoms with E-state index in [0.717, 1.165) is 6.07 Å². The first-order valence-corrected chi connectivity index (χ1v) is 9.81. The minimum Gasteiger partial charge on any atom is -0.491 e. The van der Waals surface area contributed by atoms with Crippen LogP contribution in [0.5, 0.6) is 11.6 Å². The van der Waals surface area contributed by atoms with Crippen molar-refractivity contribution in [2.45, 2.75) is 30.8 Å². The van der Waals surface area contributed by atoms with Crippen LogP contribution in [0, 0.1) is 5.82 Å². The van der Waals surface area contributed by atoms with Gasteiger partial charge in [-0.2, -0.15) is 9.40 Å². The molecule has 0 N–H and O–H groups in total. The fourth-order valence-corrected chi connectivity index (χ4v) is 4.33. The van der Waals surface area contributed by atoms with Gasteiger partial charge in [0.25, 0.3) is 0 Å². The van der Waals surface area contributed by atoms with Crippen molar-refractivity contribution in [2.24, 2.45) is 0 Å². The van der Waals surface area contributed by atoms with Gasteiger partial charge in [-0.05, 0) is 44.0 Å². The van der Waals surface area contributed by atoms with E-state index in [1.54, 1.807) is 19.1 Å². The van der Waals surface area contributed by atoms with Gasteiger partial charge < -0.3 is 9.47 Å². The number of aromatic nitrogens is 2. The molecule has 1 aromatic carbocycles. The molecule has 0 saturated carbocycles. The number of hydrogen-bond donors (Lipinski definition) is 0. The van der Waals surface area contributed by atoms with Crippen LogP contribution >= 0.6 is 0 Å². The fourth-order valence-electron chi connectivity index (χ4n) is 2.80. The van der Waals surface area contributed by atoms with Crippen LogP contribution in [0.3, 0.4) is 0 Å². The predicted molar refractivity (Wildman–Crippen MR) is 92.0 cm³/mol. The maximum atomic E-state index is 14.1. The van der Waals surface area contributed by atoms with E-state index in [0.29, 0.717) is 31.9 Å². The number of rotatable bonds is 6. The van der Waals surface area contributed by atoms with E-state index in [-0.39, 0.29) is 23.3 Å². The molecule has 3 rings (SSSR count). The average Bonchev–Trinajstić information content (AvgIpc) is 2.64. The number of halogens is 1. The van der Waals surface area contributed by atoms with Crippen molar-refractivity contribution in [1.82, 2.24) is 14.5 Å². The van der Waals surface area contributed by atoms with Gasteiger partial charge in [-0.15, -0.1) is 5.10 Å². The Labute approximate surface area is 151 Å². The second-order valence-electron chi connectivity index (χ2n) is 5.83. The van der Waals surface area contributed by atoms with Crippen LogP contribution in [-0.2, 0) is 10.0 Å². The Kier molecular flexibility index (Phi) is 5.67. The summed E-state index contributed by atoms with van der Waals surface area (Å²) in [5, 5.41) is 7.59. The van der Waals surface area contributed by atoms with Crippen LogP contribution < -0.4 is 9.47 Å². The van der Waals surface area contributed by atoms with Crippen molar-refractivity contribution in [3.05, 3.63) is 42.3 Å². The minimum absolute atomic E-state index is 0.0361. The molecule has 1 aliphatic rings. The van der Waals surface area contributed by atoms with E-state index in [1.165, 1.54) is 22.6 Å². The molecule has 0 aliphatic carbocycles. The van der Waals surface area contributed by atoms with E-state index in [9.17, 15) is 12.8 Å². The maximum absolute atomic E-state index is 14.1. The normalized spacial score (nSPS) is 18.5. The fraction of sp³-hybridized carbons (Fsp3) is 0.412. The average molecular weight is 381 g/mol. The van der Waals surface area contributed by atoms with E-state index < -0.39 is 15.8 Å². The van der Waals surface area contributed by atoms with Crippen LogP contribution in [0.15, 0.2) is 41.4 Å². The van der Waals surface area contributed by atoms with Crippen LogP contribution in [0.25, 0.3) is 0 Å². The van der Waals surface area contributed by atoms with Gasteiger partial charge in [0.05, 0.1) is 18.0 Å². The second kappa shape index (κ2) is 7.96. The third kappa shape index (κ3) is 4.10. The molecule has 0 amide bonds. The van der Waals surface area contributed by atoms with Crippen molar-refractivity contribution in [2.75, 3.05) is 19.7 Å². The number of piperidine rings is 1. The van der Waals surface area contributed by atoms with Crippen LogP contribution in [-0.4, -0.2) is 48.7 Å². The van der Waals surface area contributed by atoms with Crippen LogP contribution in [0.4, 0.5) is 4.39 Å². The monoisotopic (exact) mass is 381 g/mol. The summed E-state index contributed by atoms with van der Waals surface area (Å²) in [6.45, 7) is 2.57. The molecular weight excluding hydrogens is 361 g/mol. The number of nitrogens with zero attached hydrogens (tertiary/aromatic N) is 3. The zero-order valence-electron chi connectivity index (χ0n) is 14.3. The first-order valence-electron chi connectivity index (χ1n) is 8.37. The lowest BCUT2D eigenvalue weighted by Gasteiger charge is -2.31. The molecule has 2 heterocycles. The summed E-state index contributed by atoms with van der Waals surface area (Å²) in [7, 11) is -3.82. The van der Waals surface area contributed by atoms with Crippen LogP contribution in [0.2, 0.25) is 0 Å². The third-order valence-electron chi connectivity index (χ3n) is 4.02. The lowest BCUT2D eigenvalue weighted by Crippen LogP contribution is -2.44. The predicted octanol–water partition coefficient (Wildman–Crippen LogP) is 2.25. The van der Waals surface area contributed by atoms with Gasteiger partial charge in [-0.3, -0.25) is 0 Å². The number of benzene rings is 1. The topological polar surface area (TPSA) is 81.6 Å². The van der Waals surface area contributed by atoms with Gasteiger partial charge in [0.2, 0.25) is 15.9 Å². The van der Waals surface area contributed by atoms with E-state index in [2.05, 4.69) is 10.2 Å². The molecule has 7 nitrogen and oxygen atoms in total. The molecule has 0 radical (unpaired) electrons. The largest absolute Gasteiger partial charge is 0.491 e. The van der Waals surface area contributed by atoms with Gasteiger partial charge in [0, 0.05) is 18.8 Å². The van der Waals surface area contributed by atoms with E-state index in [4.69, 9.17) is 9.47 Å². The summed E-state index contributed by atoms with van der Waals surface area (Å²) in [5.41, 5.74) is 0. The summed E-state index contributed by atoms with van der Waals surface area (Å²) in [5.74, 6) is -0.310. The summed E-state index contributed by atoms with van der Waals surface area (Å²) < 4.78 is 51.9. The summed E-state index contributed by atoms with van der Waals surface area (Å²) in [6.07, 6.45) is 2.55. The minimum atomic E-state index is -3.82. The maximum Gasteiger partial charge on any atom is 0.243 e. The molecule has 1 atom stereocenters. The quantitative estimate of drug-likeness (QED) is 0.763. The highest BCUT2D eigenvalue weighted by molar-refractivity contribution is 7.89.